The van der Waals surface area contributed by atoms with Crippen LogP contribution in [0.2, 0.25) is 0 Å². The predicted octanol–water partition coefficient (Wildman–Crippen LogP) is 2.94. The zero-order valence-electron chi connectivity index (χ0n) is 14.6. The van der Waals surface area contributed by atoms with Gasteiger partial charge in [-0.25, -0.2) is 4.79 Å². The molecule has 0 atom stereocenters. The lowest BCUT2D eigenvalue weighted by atomic mass is 10.1. The fourth-order valence-electron chi connectivity index (χ4n) is 2.89. The molecule has 0 spiro atoms. The number of urea groups is 1. The van der Waals surface area contributed by atoms with Crippen molar-refractivity contribution in [1.29, 1.82) is 0 Å². The molecule has 0 bridgehead atoms. The molecule has 0 unspecified atom stereocenters. The first-order valence-corrected chi connectivity index (χ1v) is 9.69. The van der Waals surface area contributed by atoms with Crippen LogP contribution in [0.1, 0.15) is 24.8 Å². The van der Waals surface area contributed by atoms with Gasteiger partial charge in [0.2, 0.25) is 0 Å². The van der Waals surface area contributed by atoms with Crippen molar-refractivity contribution in [1.82, 2.24) is 25.2 Å². The van der Waals surface area contributed by atoms with Gasteiger partial charge >= 0.3 is 6.03 Å². The number of nitrogens with one attached hydrogen (secondary N) is 1. The number of carbonyl (C=O) groups excluding carboxylic acids is 1. The van der Waals surface area contributed by atoms with Crippen molar-refractivity contribution < 1.29 is 4.79 Å². The Morgan fingerprint density at radius 2 is 2.04 bits per heavy atom. The van der Waals surface area contributed by atoms with Crippen LogP contribution in [0, 0.1) is 6.92 Å². The maximum absolute atomic E-state index is 12.2. The summed E-state index contributed by atoms with van der Waals surface area (Å²) in [6.45, 7) is 5.21. The van der Waals surface area contributed by atoms with Crippen molar-refractivity contribution in [2.45, 2.75) is 42.9 Å². The molecule has 6 nitrogen and oxygen atoms in total. The van der Waals surface area contributed by atoms with Gasteiger partial charge in [-0.2, -0.15) is 0 Å². The minimum absolute atomic E-state index is 0.0531. The quantitative estimate of drug-likeness (QED) is 0.806. The Morgan fingerprint density at radius 3 is 2.72 bits per heavy atom. The van der Waals surface area contributed by atoms with Crippen LogP contribution in [-0.4, -0.2) is 50.8 Å². The van der Waals surface area contributed by atoms with Crippen LogP contribution in [0.3, 0.4) is 0 Å². The van der Waals surface area contributed by atoms with E-state index in [9.17, 15) is 4.79 Å². The van der Waals surface area contributed by atoms with Crippen LogP contribution < -0.4 is 5.32 Å². The lowest BCUT2D eigenvalue weighted by Crippen LogP contribution is -2.45. The molecule has 0 saturated carbocycles. The van der Waals surface area contributed by atoms with Gasteiger partial charge in [-0.15, -0.1) is 16.9 Å². The van der Waals surface area contributed by atoms with Crippen LogP contribution in [0.4, 0.5) is 4.79 Å². The Morgan fingerprint density at radius 1 is 1.28 bits per heavy atom. The standard InChI is InChI=1S/C18H25N5OS/c1-15-3-5-16(6-4-15)25-17-7-12-22(13-8-17)18(24)19-9-2-11-23-14-10-20-21-23/h3-6,10,14,17H,2,7-9,11-13H2,1H3,(H,19,24). The van der Waals surface area contributed by atoms with Crippen molar-refractivity contribution in [2.75, 3.05) is 19.6 Å². The van der Waals surface area contributed by atoms with Gasteiger partial charge in [0.1, 0.15) is 0 Å². The summed E-state index contributed by atoms with van der Waals surface area (Å²) >= 11 is 1.93. The molecule has 2 heterocycles. The first-order chi connectivity index (χ1) is 12.2. The van der Waals surface area contributed by atoms with E-state index in [4.69, 9.17) is 0 Å². The summed E-state index contributed by atoms with van der Waals surface area (Å²) in [6.07, 6.45) is 6.44. The van der Waals surface area contributed by atoms with Crippen LogP contribution in [0.15, 0.2) is 41.6 Å². The Balaban J connectivity index is 1.33. The van der Waals surface area contributed by atoms with Gasteiger partial charge in [0.05, 0.1) is 6.20 Å². The van der Waals surface area contributed by atoms with Crippen molar-refractivity contribution in [2.24, 2.45) is 0 Å². The van der Waals surface area contributed by atoms with Gasteiger partial charge < -0.3 is 10.2 Å². The molecule has 1 saturated heterocycles. The summed E-state index contributed by atoms with van der Waals surface area (Å²) in [5.74, 6) is 0. The summed E-state index contributed by atoms with van der Waals surface area (Å²) in [6, 6.07) is 8.74. The van der Waals surface area contributed by atoms with Crippen LogP contribution >= 0.6 is 11.8 Å². The van der Waals surface area contributed by atoms with Gasteiger partial charge in [-0.3, -0.25) is 4.68 Å². The third-order valence-corrected chi connectivity index (χ3v) is 5.71. The van der Waals surface area contributed by atoms with E-state index in [1.165, 1.54) is 10.5 Å². The second kappa shape index (κ2) is 8.89. The summed E-state index contributed by atoms with van der Waals surface area (Å²) in [5.41, 5.74) is 1.29. The second-order valence-electron chi connectivity index (χ2n) is 6.37. The lowest BCUT2D eigenvalue weighted by Gasteiger charge is -2.31. The maximum Gasteiger partial charge on any atom is 0.317 e. The number of hydrogen-bond donors (Lipinski definition) is 1. The maximum atomic E-state index is 12.2. The molecule has 1 aliphatic heterocycles. The third-order valence-electron chi connectivity index (χ3n) is 4.37. The van der Waals surface area contributed by atoms with Crippen molar-refractivity contribution >= 4 is 17.8 Å². The van der Waals surface area contributed by atoms with Crippen molar-refractivity contribution in [3.05, 3.63) is 42.2 Å². The molecular formula is C18H25N5OS. The number of amides is 2. The number of likely N-dealkylation sites (tertiary alicyclic amines) is 1. The highest BCUT2D eigenvalue weighted by molar-refractivity contribution is 8.00. The van der Waals surface area contributed by atoms with E-state index < -0.39 is 0 Å². The van der Waals surface area contributed by atoms with Crippen molar-refractivity contribution in [3.8, 4) is 0 Å². The smallest absolute Gasteiger partial charge is 0.317 e. The van der Waals surface area contributed by atoms with E-state index in [2.05, 4.69) is 46.8 Å². The minimum Gasteiger partial charge on any atom is -0.338 e. The molecule has 3 rings (SSSR count). The Hall–Kier alpha value is -2.02. The van der Waals surface area contributed by atoms with Crippen molar-refractivity contribution in [3.63, 3.8) is 0 Å². The molecule has 0 aliphatic carbocycles. The highest BCUT2D eigenvalue weighted by Crippen LogP contribution is 2.30. The van der Waals surface area contributed by atoms with Crippen LogP contribution in [0.5, 0.6) is 0 Å². The fraction of sp³-hybridized carbons (Fsp3) is 0.500. The highest BCUT2D eigenvalue weighted by atomic mass is 32.2. The number of aryl methyl sites for hydroxylation is 2. The fourth-order valence-corrected chi connectivity index (χ4v) is 4.01. The molecule has 1 aromatic heterocycles. The number of carbonyl (C=O) groups is 1. The normalized spacial score (nSPS) is 15.3. The van der Waals surface area contributed by atoms with E-state index in [1.807, 2.05) is 22.9 Å². The summed E-state index contributed by atoms with van der Waals surface area (Å²) in [5, 5.41) is 11.3. The largest absolute Gasteiger partial charge is 0.338 e. The number of benzene rings is 1. The highest BCUT2D eigenvalue weighted by Gasteiger charge is 2.23. The third kappa shape index (κ3) is 5.49. The molecule has 1 fully saturated rings. The molecule has 7 heteroatoms. The SMILES string of the molecule is Cc1ccc(SC2CCN(C(=O)NCCCn3ccnn3)CC2)cc1. The average molecular weight is 359 g/mol. The summed E-state index contributed by atoms with van der Waals surface area (Å²) < 4.78 is 1.78. The molecule has 0 radical (unpaired) electrons. The zero-order valence-corrected chi connectivity index (χ0v) is 15.4. The Bertz CT molecular complexity index is 651. The zero-order chi connectivity index (χ0) is 17.5. The number of nitrogens with zero attached hydrogens (tertiary/aromatic N) is 4. The first kappa shape index (κ1) is 17.8. The van der Waals surface area contributed by atoms with Gasteiger partial charge in [0, 0.05) is 42.5 Å². The van der Waals surface area contributed by atoms with E-state index in [-0.39, 0.29) is 6.03 Å². The monoisotopic (exact) mass is 359 g/mol. The topological polar surface area (TPSA) is 63.1 Å². The average Bonchev–Trinajstić information content (AvgIpc) is 3.15. The molecular weight excluding hydrogens is 334 g/mol. The summed E-state index contributed by atoms with van der Waals surface area (Å²) in [4.78, 5) is 15.5. The molecule has 2 amide bonds. The molecule has 2 aromatic rings. The van der Waals surface area contributed by atoms with Gasteiger partial charge in [-0.05, 0) is 38.3 Å². The molecule has 1 aromatic carbocycles. The number of hydrogen-bond acceptors (Lipinski definition) is 4. The van der Waals surface area contributed by atoms with Crippen LogP contribution in [-0.2, 0) is 6.54 Å². The number of rotatable bonds is 6. The predicted molar refractivity (Wildman–Crippen MR) is 99.7 cm³/mol. The first-order valence-electron chi connectivity index (χ1n) is 8.81. The van der Waals surface area contributed by atoms with E-state index in [0.29, 0.717) is 11.8 Å². The Labute approximate surface area is 153 Å². The van der Waals surface area contributed by atoms with Gasteiger partial charge in [-0.1, -0.05) is 22.9 Å². The second-order valence-corrected chi connectivity index (χ2v) is 7.74. The molecule has 1 aliphatic rings. The van der Waals surface area contributed by atoms with Gasteiger partial charge in [0.25, 0.3) is 0 Å². The molecule has 25 heavy (non-hydrogen) atoms. The molecule has 1 N–H and O–H groups in total. The van der Waals surface area contributed by atoms with E-state index >= 15 is 0 Å². The number of piperidine rings is 1. The molecule has 134 valence electrons. The van der Waals surface area contributed by atoms with E-state index in [1.54, 1.807) is 10.9 Å². The van der Waals surface area contributed by atoms with Crippen LogP contribution in [0.25, 0.3) is 0 Å². The summed E-state index contributed by atoms with van der Waals surface area (Å²) in [7, 11) is 0. The number of aromatic nitrogens is 3. The van der Waals surface area contributed by atoms with E-state index in [0.717, 1.165) is 38.9 Å². The Kier molecular flexibility index (Phi) is 6.33. The van der Waals surface area contributed by atoms with Gasteiger partial charge in [0.15, 0.2) is 0 Å². The lowest BCUT2D eigenvalue weighted by molar-refractivity contribution is 0.187. The number of thioether (sulfide) groups is 1. The minimum atomic E-state index is 0.0531.